The monoisotopic (exact) mass is 476 g/mol. The summed E-state index contributed by atoms with van der Waals surface area (Å²) in [5.41, 5.74) is 4.66. The largest absolute Gasteiger partial charge is 0.405 e. The van der Waals surface area contributed by atoms with Crippen LogP contribution in [-0.4, -0.2) is 41.2 Å². The average molecular weight is 477 g/mol. The maximum Gasteiger partial charge on any atom is 0.147 e. The van der Waals surface area contributed by atoms with Crippen molar-refractivity contribution in [2.75, 3.05) is 20.6 Å². The maximum atomic E-state index is 13.6. The molecule has 1 fully saturated rings. The Hall–Kier alpha value is -2.56. The average Bonchev–Trinajstić information content (AvgIpc) is 2.80. The summed E-state index contributed by atoms with van der Waals surface area (Å²) in [4.78, 5) is 0.617. The summed E-state index contributed by atoms with van der Waals surface area (Å²) in [6, 6.07) is 25.1. The van der Waals surface area contributed by atoms with E-state index >= 15 is 0 Å². The molecule has 4 heteroatoms. The number of piperidine rings is 1. The van der Waals surface area contributed by atoms with Crippen LogP contribution >= 0.6 is 0 Å². The van der Waals surface area contributed by atoms with Crippen LogP contribution in [0.2, 0.25) is 0 Å². The molecule has 3 atom stereocenters. The van der Waals surface area contributed by atoms with Crippen LogP contribution in [0, 0.1) is 13.8 Å². The predicted molar refractivity (Wildman–Crippen MR) is 144 cm³/mol. The lowest BCUT2D eigenvalue weighted by Crippen LogP contribution is -2.52. The first-order chi connectivity index (χ1) is 16.2. The third-order valence-electron chi connectivity index (χ3n) is 7.37. The van der Waals surface area contributed by atoms with Gasteiger partial charge in [-0.3, -0.25) is 0 Å². The number of quaternary nitrogens is 1. The van der Waals surface area contributed by atoms with E-state index in [2.05, 4.69) is 63.3 Å². The van der Waals surface area contributed by atoms with E-state index in [0.717, 1.165) is 22.0 Å². The van der Waals surface area contributed by atoms with Crippen molar-refractivity contribution in [1.82, 2.24) is 0 Å². The van der Waals surface area contributed by atoms with E-state index < -0.39 is 9.80 Å². The molecule has 0 bridgehead atoms. The number of likely N-dealkylation sites (tertiary alicyclic amines) is 1. The molecular weight excluding hydrogens is 438 g/mol. The zero-order valence-corrected chi connectivity index (χ0v) is 21.8. The lowest BCUT2D eigenvalue weighted by molar-refractivity contribution is -0.920. The van der Waals surface area contributed by atoms with Gasteiger partial charge in [-0.15, -0.1) is 0 Å². The van der Waals surface area contributed by atoms with Gasteiger partial charge >= 0.3 is 0 Å². The number of aryl methyl sites for hydroxylation is 2. The molecule has 4 rings (SSSR count). The maximum absolute atomic E-state index is 13.6. The minimum absolute atomic E-state index is 0.157. The Morgan fingerprint density at radius 3 is 2.32 bits per heavy atom. The van der Waals surface area contributed by atoms with Crippen molar-refractivity contribution in [2.45, 2.75) is 56.4 Å². The van der Waals surface area contributed by atoms with Crippen LogP contribution < -0.4 is 4.18 Å². The second-order valence-electron chi connectivity index (χ2n) is 10.4. The van der Waals surface area contributed by atoms with Crippen LogP contribution in [0.15, 0.2) is 77.7 Å². The van der Waals surface area contributed by atoms with Crippen molar-refractivity contribution < 1.29 is 12.9 Å². The van der Waals surface area contributed by atoms with Crippen LogP contribution in [0.3, 0.4) is 0 Å². The Balaban J connectivity index is 1.76. The van der Waals surface area contributed by atoms with E-state index in [1.807, 2.05) is 43.3 Å². The molecule has 0 aliphatic carbocycles. The van der Waals surface area contributed by atoms with Crippen LogP contribution in [0.1, 0.15) is 53.9 Å². The summed E-state index contributed by atoms with van der Waals surface area (Å²) in [6.07, 6.45) is 4.83. The van der Waals surface area contributed by atoms with E-state index in [9.17, 15) is 4.21 Å². The summed E-state index contributed by atoms with van der Waals surface area (Å²) in [5.74, 6) is 4.83. The Kier molecular flexibility index (Phi) is 7.20. The first-order valence-corrected chi connectivity index (χ1v) is 13.9. The van der Waals surface area contributed by atoms with Gasteiger partial charge in [0, 0.05) is 17.9 Å². The third kappa shape index (κ3) is 5.56. The van der Waals surface area contributed by atoms with Crippen LogP contribution in [0.25, 0.3) is 0 Å². The van der Waals surface area contributed by atoms with Crippen molar-refractivity contribution >= 4 is 15.7 Å². The van der Waals surface area contributed by atoms with Gasteiger partial charge in [0.2, 0.25) is 0 Å². The highest BCUT2D eigenvalue weighted by Crippen LogP contribution is 2.40. The number of benzene rings is 3. The smallest absolute Gasteiger partial charge is 0.147 e. The molecular formula is C30H38NO2S+. The molecule has 1 saturated heterocycles. The van der Waals surface area contributed by atoms with Crippen LogP contribution in [0.4, 0.5) is 0 Å². The Labute approximate surface area is 206 Å². The van der Waals surface area contributed by atoms with Gasteiger partial charge in [0.15, 0.2) is 0 Å². The van der Waals surface area contributed by atoms with Crippen molar-refractivity contribution in [3.05, 3.63) is 95.1 Å². The second kappa shape index (κ2) is 9.97. The van der Waals surface area contributed by atoms with Gasteiger partial charge in [0.25, 0.3) is 0 Å². The standard InChI is InChI=1S/C30H38NO2S/c1-23-14-17-27(18-15-23)34(5,32)33-30-19-16-24(2)21-29(30)28(25-11-7-6-8-12-25)22-26-13-9-10-20-31(26,3)4/h6-8,11-12,14-19,21,26,28H,5,9-10,13,20,22H2,1-4H3/q+1. The van der Waals surface area contributed by atoms with E-state index in [4.69, 9.17) is 4.18 Å². The zero-order valence-electron chi connectivity index (χ0n) is 21.0. The fourth-order valence-electron chi connectivity index (χ4n) is 5.19. The number of rotatable bonds is 7. The Morgan fingerprint density at radius 2 is 1.65 bits per heavy atom. The molecule has 0 N–H and O–H groups in total. The fourth-order valence-corrected chi connectivity index (χ4v) is 6.28. The Morgan fingerprint density at radius 1 is 0.971 bits per heavy atom. The first kappa shape index (κ1) is 24.6. The van der Waals surface area contributed by atoms with Crippen LogP contribution in [0.5, 0.6) is 5.75 Å². The van der Waals surface area contributed by atoms with Crippen LogP contribution in [-0.2, 0) is 9.80 Å². The number of nitrogens with zero attached hydrogens (tertiary/aromatic N) is 1. The summed E-state index contributed by atoms with van der Waals surface area (Å²) in [5, 5.41) is 0. The molecule has 3 aromatic carbocycles. The second-order valence-corrected chi connectivity index (χ2v) is 12.3. The molecule has 0 spiro atoms. The molecule has 0 saturated carbocycles. The highest BCUT2D eigenvalue weighted by atomic mass is 32.2. The van der Waals surface area contributed by atoms with Crippen molar-refractivity contribution in [3.8, 4) is 5.75 Å². The van der Waals surface area contributed by atoms with Gasteiger partial charge in [-0.1, -0.05) is 65.7 Å². The van der Waals surface area contributed by atoms with Crippen molar-refractivity contribution in [1.29, 1.82) is 0 Å². The zero-order chi connectivity index (χ0) is 24.3. The lowest BCUT2D eigenvalue weighted by atomic mass is 9.82. The van der Waals surface area contributed by atoms with E-state index in [1.54, 1.807) is 0 Å². The quantitative estimate of drug-likeness (QED) is 0.286. The molecule has 34 heavy (non-hydrogen) atoms. The van der Waals surface area contributed by atoms with E-state index in [0.29, 0.717) is 16.7 Å². The van der Waals surface area contributed by atoms with Gasteiger partial charge in [0.1, 0.15) is 15.6 Å². The molecule has 1 aliphatic heterocycles. The van der Waals surface area contributed by atoms with Gasteiger partial charge in [-0.2, -0.15) is 0 Å². The molecule has 3 aromatic rings. The normalized spacial score (nSPS) is 20.3. The van der Waals surface area contributed by atoms with E-state index in [-0.39, 0.29) is 5.92 Å². The first-order valence-electron chi connectivity index (χ1n) is 12.3. The molecule has 180 valence electrons. The highest BCUT2D eigenvalue weighted by molar-refractivity contribution is 7.96. The van der Waals surface area contributed by atoms with Gasteiger partial charge < -0.3 is 8.67 Å². The minimum Gasteiger partial charge on any atom is -0.405 e. The summed E-state index contributed by atoms with van der Waals surface area (Å²) >= 11 is 0. The topological polar surface area (TPSA) is 26.3 Å². The molecule has 3 nitrogen and oxygen atoms in total. The fraction of sp³-hybridized carbons (Fsp3) is 0.367. The van der Waals surface area contributed by atoms with Crippen molar-refractivity contribution in [2.24, 2.45) is 0 Å². The summed E-state index contributed by atoms with van der Waals surface area (Å²) < 4.78 is 20.9. The van der Waals surface area contributed by atoms with Gasteiger partial charge in [-0.05, 0) is 62.7 Å². The molecule has 3 unspecified atom stereocenters. The number of hydrogen-bond acceptors (Lipinski definition) is 2. The molecule has 1 heterocycles. The third-order valence-corrected chi connectivity index (χ3v) is 8.80. The highest BCUT2D eigenvalue weighted by Gasteiger charge is 2.35. The Bertz CT molecular complexity index is 1210. The minimum atomic E-state index is -2.94. The summed E-state index contributed by atoms with van der Waals surface area (Å²) in [6.45, 7) is 5.34. The predicted octanol–water partition coefficient (Wildman–Crippen LogP) is 6.52. The van der Waals surface area contributed by atoms with Gasteiger partial charge in [-0.25, -0.2) is 4.21 Å². The van der Waals surface area contributed by atoms with E-state index in [1.165, 1.54) is 36.9 Å². The molecule has 1 aliphatic rings. The lowest BCUT2D eigenvalue weighted by Gasteiger charge is -2.43. The van der Waals surface area contributed by atoms with Crippen molar-refractivity contribution in [3.63, 3.8) is 0 Å². The number of hydrogen-bond donors (Lipinski definition) is 0. The summed E-state index contributed by atoms with van der Waals surface area (Å²) in [7, 11) is 1.78. The molecule has 0 radical (unpaired) electrons. The molecule has 0 amide bonds. The SMILES string of the molecule is C=S(=O)(Oc1ccc(C)cc1C(CC1CCCC[N+]1(C)C)c1ccccc1)c1ccc(C)cc1. The van der Waals surface area contributed by atoms with Gasteiger partial charge in [0.05, 0.1) is 31.6 Å². The molecule has 0 aromatic heterocycles.